The molecule has 5 aromatic rings. The standard InChI is InChI=1S/C25H21BrN4O4/c1-33-19-7-3-16(4-8-19)14-29-23-22(27-21-13-18(26)11-12-28(21)23)24(31)30(25(29)32)15-17-5-9-20(34-2)10-6-17/h3-13H,14-15H2,1-2H3. The van der Waals surface area contributed by atoms with Gasteiger partial charge in [-0.2, -0.15) is 0 Å². The van der Waals surface area contributed by atoms with Crippen LogP contribution in [0.1, 0.15) is 11.1 Å². The Morgan fingerprint density at radius 3 is 1.94 bits per heavy atom. The van der Waals surface area contributed by atoms with Crippen LogP contribution in [0.4, 0.5) is 0 Å². The lowest BCUT2D eigenvalue weighted by atomic mass is 10.2. The monoisotopic (exact) mass is 520 g/mol. The Morgan fingerprint density at radius 2 is 1.38 bits per heavy atom. The number of nitrogens with zero attached hydrogens (tertiary/aromatic N) is 4. The van der Waals surface area contributed by atoms with Gasteiger partial charge in [0.2, 0.25) is 0 Å². The van der Waals surface area contributed by atoms with Crippen LogP contribution < -0.4 is 20.7 Å². The van der Waals surface area contributed by atoms with Crippen molar-refractivity contribution in [2.45, 2.75) is 13.1 Å². The summed E-state index contributed by atoms with van der Waals surface area (Å²) in [4.78, 5) is 31.7. The van der Waals surface area contributed by atoms with E-state index in [2.05, 4.69) is 20.9 Å². The molecule has 0 aliphatic carbocycles. The van der Waals surface area contributed by atoms with Gasteiger partial charge in [-0.05, 0) is 47.5 Å². The number of rotatable bonds is 6. The SMILES string of the molecule is COc1ccc(Cn2c(=O)c3nc4cc(Br)ccn4c3n(Cc3ccc(OC)cc3)c2=O)cc1. The first-order valence-electron chi connectivity index (χ1n) is 10.6. The number of halogens is 1. The fraction of sp³-hybridized carbons (Fsp3) is 0.160. The lowest BCUT2D eigenvalue weighted by Gasteiger charge is -2.13. The predicted molar refractivity (Wildman–Crippen MR) is 133 cm³/mol. The van der Waals surface area contributed by atoms with E-state index in [1.807, 2.05) is 48.5 Å². The van der Waals surface area contributed by atoms with Crippen LogP contribution in [-0.2, 0) is 13.1 Å². The second-order valence-electron chi connectivity index (χ2n) is 7.81. The van der Waals surface area contributed by atoms with Gasteiger partial charge in [0.25, 0.3) is 5.56 Å². The fourth-order valence-corrected chi connectivity index (χ4v) is 4.29. The Kier molecular flexibility index (Phi) is 5.70. The lowest BCUT2D eigenvalue weighted by Crippen LogP contribution is -2.40. The number of imidazole rings is 1. The average molecular weight is 521 g/mol. The number of hydrogen-bond acceptors (Lipinski definition) is 5. The highest BCUT2D eigenvalue weighted by Gasteiger charge is 2.19. The van der Waals surface area contributed by atoms with Crippen LogP contribution in [0.25, 0.3) is 16.8 Å². The number of aromatic nitrogens is 4. The Labute approximate surface area is 202 Å². The van der Waals surface area contributed by atoms with Crippen LogP contribution >= 0.6 is 15.9 Å². The van der Waals surface area contributed by atoms with Crippen LogP contribution in [0.15, 0.2) is 80.9 Å². The van der Waals surface area contributed by atoms with E-state index in [-0.39, 0.29) is 18.6 Å². The molecule has 0 bridgehead atoms. The zero-order valence-electron chi connectivity index (χ0n) is 18.6. The summed E-state index contributed by atoms with van der Waals surface area (Å²) in [5.41, 5.74) is 2.13. The van der Waals surface area contributed by atoms with Gasteiger partial charge in [0.1, 0.15) is 17.1 Å². The lowest BCUT2D eigenvalue weighted by molar-refractivity contribution is 0.414. The van der Waals surface area contributed by atoms with Gasteiger partial charge in [0, 0.05) is 10.7 Å². The van der Waals surface area contributed by atoms with E-state index in [9.17, 15) is 9.59 Å². The highest BCUT2D eigenvalue weighted by Crippen LogP contribution is 2.19. The van der Waals surface area contributed by atoms with Gasteiger partial charge < -0.3 is 9.47 Å². The minimum Gasteiger partial charge on any atom is -0.497 e. The molecular weight excluding hydrogens is 500 g/mol. The van der Waals surface area contributed by atoms with E-state index in [1.165, 1.54) is 4.57 Å². The van der Waals surface area contributed by atoms with E-state index in [4.69, 9.17) is 9.47 Å². The molecule has 0 aliphatic heterocycles. The zero-order valence-corrected chi connectivity index (χ0v) is 20.2. The number of hydrogen-bond donors (Lipinski definition) is 0. The first-order chi connectivity index (χ1) is 16.5. The first-order valence-corrected chi connectivity index (χ1v) is 11.3. The molecule has 0 amide bonds. The second kappa shape index (κ2) is 8.83. The van der Waals surface area contributed by atoms with Gasteiger partial charge in [0.05, 0.1) is 27.3 Å². The van der Waals surface area contributed by atoms with Crippen LogP contribution in [0.5, 0.6) is 11.5 Å². The number of ether oxygens (including phenoxy) is 2. The smallest absolute Gasteiger partial charge is 0.333 e. The number of benzene rings is 2. The number of pyridine rings is 1. The van der Waals surface area contributed by atoms with E-state index in [0.29, 0.717) is 17.0 Å². The zero-order chi connectivity index (χ0) is 23.8. The largest absolute Gasteiger partial charge is 0.497 e. The Balaban J connectivity index is 1.72. The third kappa shape index (κ3) is 3.88. The highest BCUT2D eigenvalue weighted by molar-refractivity contribution is 9.10. The molecule has 8 nitrogen and oxygen atoms in total. The van der Waals surface area contributed by atoms with E-state index >= 15 is 0 Å². The van der Waals surface area contributed by atoms with Gasteiger partial charge in [0.15, 0.2) is 11.2 Å². The summed E-state index contributed by atoms with van der Waals surface area (Å²) < 4.78 is 15.9. The maximum Gasteiger partial charge on any atom is 0.333 e. The van der Waals surface area contributed by atoms with Crippen LogP contribution in [0.3, 0.4) is 0 Å². The third-order valence-corrected chi connectivity index (χ3v) is 6.22. The van der Waals surface area contributed by atoms with Crippen LogP contribution in [0.2, 0.25) is 0 Å². The minimum atomic E-state index is -0.429. The molecule has 2 aromatic carbocycles. The normalized spacial score (nSPS) is 11.3. The summed E-state index contributed by atoms with van der Waals surface area (Å²) in [6.07, 6.45) is 1.80. The highest BCUT2D eigenvalue weighted by atomic mass is 79.9. The maximum atomic E-state index is 13.7. The van der Waals surface area contributed by atoms with Crippen molar-refractivity contribution in [2.24, 2.45) is 0 Å². The molecule has 3 heterocycles. The van der Waals surface area contributed by atoms with E-state index in [1.54, 1.807) is 41.5 Å². The van der Waals surface area contributed by atoms with Crippen molar-refractivity contribution in [1.82, 2.24) is 18.5 Å². The molecule has 0 radical (unpaired) electrons. The van der Waals surface area contributed by atoms with Crippen LogP contribution in [-0.4, -0.2) is 32.7 Å². The van der Waals surface area contributed by atoms with Crippen molar-refractivity contribution in [2.75, 3.05) is 14.2 Å². The maximum absolute atomic E-state index is 13.7. The summed E-state index contributed by atoms with van der Waals surface area (Å²) in [7, 11) is 3.20. The van der Waals surface area contributed by atoms with Gasteiger partial charge in [-0.1, -0.05) is 40.2 Å². The average Bonchev–Trinajstić information content (AvgIpc) is 3.24. The summed E-state index contributed by atoms with van der Waals surface area (Å²) in [6.45, 7) is 0.393. The van der Waals surface area contributed by atoms with Crippen LogP contribution in [0, 0.1) is 0 Å². The van der Waals surface area contributed by atoms with Crippen molar-refractivity contribution in [1.29, 1.82) is 0 Å². The summed E-state index contributed by atoms with van der Waals surface area (Å²) >= 11 is 3.45. The fourth-order valence-electron chi connectivity index (χ4n) is 3.97. The molecule has 0 spiro atoms. The Bertz CT molecular complexity index is 1620. The topological polar surface area (TPSA) is 79.8 Å². The van der Waals surface area contributed by atoms with Gasteiger partial charge >= 0.3 is 5.69 Å². The van der Waals surface area contributed by atoms with Crippen molar-refractivity contribution >= 4 is 32.7 Å². The van der Waals surface area contributed by atoms with E-state index in [0.717, 1.165) is 21.3 Å². The van der Waals surface area contributed by atoms with Gasteiger partial charge in [-0.3, -0.25) is 18.3 Å². The molecule has 0 N–H and O–H groups in total. The molecule has 172 valence electrons. The molecule has 0 aliphatic rings. The Hall–Kier alpha value is -3.85. The second-order valence-corrected chi connectivity index (χ2v) is 8.73. The Morgan fingerprint density at radius 1 is 0.824 bits per heavy atom. The van der Waals surface area contributed by atoms with Crippen molar-refractivity contribution in [3.05, 3.63) is 103 Å². The molecule has 0 fully saturated rings. The number of methoxy groups -OCH3 is 2. The molecule has 34 heavy (non-hydrogen) atoms. The van der Waals surface area contributed by atoms with Crippen molar-refractivity contribution in [3.63, 3.8) is 0 Å². The minimum absolute atomic E-state index is 0.123. The molecule has 0 atom stereocenters. The van der Waals surface area contributed by atoms with Gasteiger partial charge in [-0.25, -0.2) is 9.78 Å². The molecular formula is C25H21BrN4O4. The van der Waals surface area contributed by atoms with E-state index < -0.39 is 11.2 Å². The molecule has 0 saturated carbocycles. The first kappa shape index (κ1) is 22.0. The van der Waals surface area contributed by atoms with Crippen molar-refractivity contribution in [3.8, 4) is 11.5 Å². The summed E-state index contributed by atoms with van der Waals surface area (Å²) in [6, 6.07) is 18.4. The van der Waals surface area contributed by atoms with Crippen molar-refractivity contribution < 1.29 is 9.47 Å². The molecule has 9 heteroatoms. The molecule has 3 aromatic heterocycles. The number of fused-ring (bicyclic) bond motifs is 3. The quantitative estimate of drug-likeness (QED) is 0.341. The molecule has 0 unspecified atom stereocenters. The molecule has 5 rings (SSSR count). The summed E-state index contributed by atoms with van der Waals surface area (Å²) in [5, 5.41) is 0. The molecule has 0 saturated heterocycles. The predicted octanol–water partition coefficient (Wildman–Crippen LogP) is 3.69. The third-order valence-electron chi connectivity index (χ3n) is 5.73. The summed E-state index contributed by atoms with van der Waals surface area (Å²) in [5.74, 6) is 1.43. The van der Waals surface area contributed by atoms with Gasteiger partial charge in [-0.15, -0.1) is 0 Å².